The Kier molecular flexibility index (Phi) is 4.33. The van der Waals surface area contributed by atoms with Gasteiger partial charge >= 0.3 is 0 Å². The van der Waals surface area contributed by atoms with Gasteiger partial charge in [0.2, 0.25) is 0 Å². The summed E-state index contributed by atoms with van der Waals surface area (Å²) in [6.45, 7) is 0.560. The van der Waals surface area contributed by atoms with E-state index in [1.165, 1.54) is 24.4 Å². The Morgan fingerprint density at radius 1 is 1.17 bits per heavy atom. The highest BCUT2D eigenvalue weighted by Gasteiger charge is 2.11. The Bertz CT molecular complexity index is 874. The Hall–Kier alpha value is -3.48. The average Bonchev–Trinajstić information content (AvgIpc) is 3.04. The second kappa shape index (κ2) is 6.74. The van der Waals surface area contributed by atoms with Crippen LogP contribution < -0.4 is 5.32 Å². The van der Waals surface area contributed by atoms with Crippen molar-refractivity contribution in [3.63, 3.8) is 0 Å². The summed E-state index contributed by atoms with van der Waals surface area (Å²) < 4.78 is 1.66. The molecule has 0 aliphatic carbocycles. The summed E-state index contributed by atoms with van der Waals surface area (Å²) in [6.07, 6.45) is 3.11. The van der Waals surface area contributed by atoms with Gasteiger partial charge in [-0.3, -0.25) is 19.6 Å². The van der Waals surface area contributed by atoms with Crippen LogP contribution >= 0.6 is 0 Å². The highest BCUT2D eigenvalue weighted by molar-refractivity contribution is 6.04. The third-order valence-electron chi connectivity index (χ3n) is 3.40. The fourth-order valence-electron chi connectivity index (χ4n) is 2.24. The summed E-state index contributed by atoms with van der Waals surface area (Å²) in [5.74, 6) is -0.366. The molecule has 0 saturated heterocycles. The van der Waals surface area contributed by atoms with Gasteiger partial charge in [-0.15, -0.1) is 0 Å². The zero-order chi connectivity index (χ0) is 16.9. The van der Waals surface area contributed by atoms with Crippen LogP contribution in [0.5, 0.6) is 0 Å². The first-order valence-corrected chi connectivity index (χ1v) is 7.24. The van der Waals surface area contributed by atoms with Crippen LogP contribution in [-0.4, -0.2) is 20.6 Å². The van der Waals surface area contributed by atoms with E-state index in [0.29, 0.717) is 17.8 Å². The lowest BCUT2D eigenvalue weighted by Crippen LogP contribution is -2.11. The number of amides is 1. The van der Waals surface area contributed by atoms with Gasteiger partial charge < -0.3 is 5.32 Å². The number of hydrogen-bond donors (Lipinski definition) is 1. The molecular weight excluding hydrogens is 308 g/mol. The molecule has 0 fully saturated rings. The summed E-state index contributed by atoms with van der Waals surface area (Å²) in [6, 6.07) is 15.6. The van der Waals surface area contributed by atoms with Gasteiger partial charge in [0.1, 0.15) is 0 Å². The molecule has 0 aliphatic rings. The largest absolute Gasteiger partial charge is 0.322 e. The minimum absolute atomic E-state index is 0.0763. The number of aromatic nitrogens is 2. The number of carbonyl (C=O) groups excluding carboxylic acids is 1. The topological polar surface area (TPSA) is 90.1 Å². The molecule has 1 heterocycles. The number of rotatable bonds is 5. The van der Waals surface area contributed by atoms with E-state index in [0.717, 1.165) is 5.56 Å². The molecule has 0 atom stereocenters. The molecular formula is C17H14N4O3. The number of hydrogen-bond acceptors (Lipinski definition) is 4. The first kappa shape index (κ1) is 15.4. The number of nitrogens with one attached hydrogen (secondary N) is 1. The Morgan fingerprint density at radius 3 is 2.71 bits per heavy atom. The maximum Gasteiger partial charge on any atom is 0.271 e. The predicted molar refractivity (Wildman–Crippen MR) is 88.8 cm³/mol. The highest BCUT2D eigenvalue weighted by atomic mass is 16.6. The molecule has 120 valence electrons. The van der Waals surface area contributed by atoms with E-state index >= 15 is 0 Å². The number of nitro groups is 1. The van der Waals surface area contributed by atoms with Crippen LogP contribution in [0.25, 0.3) is 0 Å². The van der Waals surface area contributed by atoms with Gasteiger partial charge in [-0.05, 0) is 11.6 Å². The van der Waals surface area contributed by atoms with E-state index in [-0.39, 0.29) is 11.6 Å². The normalized spacial score (nSPS) is 10.3. The Labute approximate surface area is 137 Å². The SMILES string of the molecule is O=C(Nc1cccc([N+](=O)[O-])c1)c1cnn(Cc2ccccc2)c1. The summed E-state index contributed by atoms with van der Waals surface area (Å²) in [4.78, 5) is 22.5. The molecule has 0 spiro atoms. The molecule has 1 N–H and O–H groups in total. The van der Waals surface area contributed by atoms with E-state index in [1.54, 1.807) is 16.9 Å². The van der Waals surface area contributed by atoms with E-state index in [9.17, 15) is 14.9 Å². The van der Waals surface area contributed by atoms with Crippen molar-refractivity contribution in [1.29, 1.82) is 0 Å². The van der Waals surface area contributed by atoms with Crippen molar-refractivity contribution >= 4 is 17.3 Å². The first-order chi connectivity index (χ1) is 11.6. The molecule has 0 radical (unpaired) electrons. The van der Waals surface area contributed by atoms with Crippen molar-refractivity contribution < 1.29 is 9.72 Å². The number of nitro benzene ring substituents is 1. The fraction of sp³-hybridized carbons (Fsp3) is 0.0588. The van der Waals surface area contributed by atoms with Crippen LogP contribution in [0.2, 0.25) is 0 Å². The molecule has 24 heavy (non-hydrogen) atoms. The molecule has 0 aliphatic heterocycles. The monoisotopic (exact) mass is 322 g/mol. The fourth-order valence-corrected chi connectivity index (χ4v) is 2.24. The first-order valence-electron chi connectivity index (χ1n) is 7.24. The van der Waals surface area contributed by atoms with Gasteiger partial charge in [0.15, 0.2) is 0 Å². The number of non-ortho nitro benzene ring substituents is 1. The quantitative estimate of drug-likeness (QED) is 0.577. The van der Waals surface area contributed by atoms with Gasteiger partial charge in [0.05, 0.1) is 23.2 Å². The zero-order valence-electron chi connectivity index (χ0n) is 12.6. The lowest BCUT2D eigenvalue weighted by Gasteiger charge is -2.03. The van der Waals surface area contributed by atoms with Gasteiger partial charge in [-0.25, -0.2) is 0 Å². The van der Waals surface area contributed by atoms with E-state index in [2.05, 4.69) is 10.4 Å². The molecule has 0 unspecified atom stereocenters. The lowest BCUT2D eigenvalue weighted by atomic mass is 10.2. The lowest BCUT2D eigenvalue weighted by molar-refractivity contribution is -0.384. The molecule has 0 saturated carbocycles. The Balaban J connectivity index is 1.70. The number of benzene rings is 2. The summed E-state index contributed by atoms with van der Waals surface area (Å²) in [7, 11) is 0. The summed E-state index contributed by atoms with van der Waals surface area (Å²) >= 11 is 0. The molecule has 1 amide bonds. The Morgan fingerprint density at radius 2 is 1.96 bits per heavy atom. The summed E-state index contributed by atoms with van der Waals surface area (Å²) in [5, 5.41) is 17.6. The van der Waals surface area contributed by atoms with Crippen molar-refractivity contribution in [3.05, 3.63) is 88.2 Å². The molecule has 0 bridgehead atoms. The van der Waals surface area contributed by atoms with Crippen molar-refractivity contribution in [2.75, 3.05) is 5.32 Å². The average molecular weight is 322 g/mol. The molecule has 2 aromatic carbocycles. The third kappa shape index (κ3) is 3.64. The third-order valence-corrected chi connectivity index (χ3v) is 3.40. The number of nitrogens with zero attached hydrogens (tertiary/aromatic N) is 3. The maximum atomic E-state index is 12.2. The number of carbonyl (C=O) groups is 1. The van der Waals surface area contributed by atoms with Crippen molar-refractivity contribution in [3.8, 4) is 0 Å². The van der Waals surface area contributed by atoms with Crippen LogP contribution in [0.15, 0.2) is 67.0 Å². The van der Waals surface area contributed by atoms with Gasteiger partial charge in [-0.2, -0.15) is 5.10 Å². The smallest absolute Gasteiger partial charge is 0.271 e. The van der Waals surface area contributed by atoms with E-state index in [4.69, 9.17) is 0 Å². The molecule has 7 nitrogen and oxygen atoms in total. The van der Waals surface area contributed by atoms with Crippen LogP contribution in [-0.2, 0) is 6.54 Å². The zero-order valence-corrected chi connectivity index (χ0v) is 12.6. The molecule has 3 rings (SSSR count). The van der Waals surface area contributed by atoms with Crippen LogP contribution in [0.3, 0.4) is 0 Å². The predicted octanol–water partition coefficient (Wildman–Crippen LogP) is 3.09. The summed E-state index contributed by atoms with van der Waals surface area (Å²) in [5.41, 5.74) is 1.75. The number of anilines is 1. The van der Waals surface area contributed by atoms with Gasteiger partial charge in [0.25, 0.3) is 11.6 Å². The molecule has 1 aromatic heterocycles. The standard InChI is InChI=1S/C17H14N4O3/c22-17(19-15-7-4-8-16(9-15)21(23)24)14-10-18-20(12-14)11-13-5-2-1-3-6-13/h1-10,12H,11H2,(H,19,22). The second-order valence-corrected chi connectivity index (χ2v) is 5.17. The van der Waals surface area contributed by atoms with Crippen LogP contribution in [0.1, 0.15) is 15.9 Å². The maximum absolute atomic E-state index is 12.2. The van der Waals surface area contributed by atoms with Crippen molar-refractivity contribution in [1.82, 2.24) is 9.78 Å². The van der Waals surface area contributed by atoms with Crippen LogP contribution in [0, 0.1) is 10.1 Å². The van der Waals surface area contributed by atoms with Crippen molar-refractivity contribution in [2.45, 2.75) is 6.54 Å². The molecule has 3 aromatic rings. The van der Waals surface area contributed by atoms with Crippen LogP contribution in [0.4, 0.5) is 11.4 Å². The van der Waals surface area contributed by atoms with E-state index in [1.807, 2.05) is 30.3 Å². The second-order valence-electron chi connectivity index (χ2n) is 5.17. The van der Waals surface area contributed by atoms with Crippen molar-refractivity contribution in [2.24, 2.45) is 0 Å². The van der Waals surface area contributed by atoms with Gasteiger partial charge in [-0.1, -0.05) is 36.4 Å². The highest BCUT2D eigenvalue weighted by Crippen LogP contribution is 2.17. The van der Waals surface area contributed by atoms with Gasteiger partial charge in [0, 0.05) is 24.0 Å². The minimum atomic E-state index is -0.506. The minimum Gasteiger partial charge on any atom is -0.322 e. The van der Waals surface area contributed by atoms with E-state index < -0.39 is 4.92 Å². The molecule has 7 heteroatoms.